The van der Waals surface area contributed by atoms with Gasteiger partial charge in [0.05, 0.1) is 13.2 Å². The molecule has 1 aliphatic rings. The predicted octanol–water partition coefficient (Wildman–Crippen LogP) is -0.254. The summed E-state index contributed by atoms with van der Waals surface area (Å²) >= 11 is 6.38. The van der Waals surface area contributed by atoms with Gasteiger partial charge in [0.25, 0.3) is 0 Å². The Hall–Kier alpha value is -2.93. The number of hydrogen-bond acceptors (Lipinski definition) is 12. The average Bonchev–Trinajstić information content (AvgIpc) is 2.69. The number of carbonyl (C=O) groups is 6. The van der Waals surface area contributed by atoms with Crippen molar-refractivity contribution in [3.05, 3.63) is 0 Å². The highest BCUT2D eigenvalue weighted by Crippen LogP contribution is 2.38. The molecule has 0 aromatic rings. The van der Waals surface area contributed by atoms with Crippen LogP contribution in [0.25, 0.3) is 0 Å². The fourth-order valence-electron chi connectivity index (χ4n) is 3.38. The maximum absolute atomic E-state index is 12.4. The molecule has 1 N–H and O–H groups in total. The van der Waals surface area contributed by atoms with Crippen molar-refractivity contribution in [2.45, 2.75) is 76.6 Å². The Morgan fingerprint density at radius 2 is 1.56 bits per heavy atom. The predicted molar refractivity (Wildman–Crippen MR) is 111 cm³/mol. The SMILES string of the molecule is COC(=O)[C@@]1(Cl)C[C@H](OC(C)=O)[C@@H](NC(C)=O)[C@H]([C@@H](OC(C)=O)[C@@H](COC(C)=O)OC(C)=O)O1. The first-order chi connectivity index (χ1) is 15.7. The molecule has 1 amide bonds. The van der Waals surface area contributed by atoms with Gasteiger partial charge in [0.1, 0.15) is 18.8 Å². The maximum Gasteiger partial charge on any atom is 0.354 e. The molecule has 1 saturated heterocycles. The normalized spacial score (nSPS) is 25.7. The van der Waals surface area contributed by atoms with E-state index in [9.17, 15) is 28.8 Å². The van der Waals surface area contributed by atoms with Gasteiger partial charge in [-0.05, 0) is 0 Å². The lowest BCUT2D eigenvalue weighted by Crippen LogP contribution is -2.67. The summed E-state index contributed by atoms with van der Waals surface area (Å²) in [5.41, 5.74) is 0. The number of alkyl halides is 1. The highest BCUT2D eigenvalue weighted by Gasteiger charge is 2.57. The van der Waals surface area contributed by atoms with Gasteiger partial charge in [-0.1, -0.05) is 11.6 Å². The van der Waals surface area contributed by atoms with Crippen molar-refractivity contribution in [1.29, 1.82) is 0 Å². The molecule has 0 aromatic carbocycles. The maximum atomic E-state index is 12.4. The minimum atomic E-state index is -2.24. The van der Waals surface area contributed by atoms with E-state index in [1.807, 2.05) is 0 Å². The largest absolute Gasteiger partial charge is 0.466 e. The first-order valence-electron chi connectivity index (χ1n) is 10.1. The molecule has 0 spiro atoms. The number of halogens is 1. The van der Waals surface area contributed by atoms with Crippen molar-refractivity contribution >= 4 is 47.4 Å². The lowest BCUT2D eigenvalue weighted by molar-refractivity contribution is -0.225. The van der Waals surface area contributed by atoms with E-state index in [1.165, 1.54) is 0 Å². The Kier molecular flexibility index (Phi) is 10.7. The summed E-state index contributed by atoms with van der Waals surface area (Å²) in [5, 5.41) is 0.276. The van der Waals surface area contributed by atoms with E-state index >= 15 is 0 Å². The van der Waals surface area contributed by atoms with Crippen LogP contribution in [0.15, 0.2) is 0 Å². The highest BCUT2D eigenvalue weighted by molar-refractivity contribution is 6.32. The molecule has 0 aromatic heterocycles. The van der Waals surface area contributed by atoms with Crippen LogP contribution in [-0.4, -0.2) is 85.0 Å². The van der Waals surface area contributed by atoms with Crippen molar-refractivity contribution in [1.82, 2.24) is 5.32 Å². The number of carbonyl (C=O) groups excluding carboxylic acids is 6. The van der Waals surface area contributed by atoms with E-state index < -0.39 is 84.3 Å². The molecule has 14 heteroatoms. The van der Waals surface area contributed by atoms with Gasteiger partial charge >= 0.3 is 29.8 Å². The molecule has 1 rings (SSSR count). The fourth-order valence-corrected chi connectivity index (χ4v) is 3.71. The van der Waals surface area contributed by atoms with Crippen LogP contribution in [0.4, 0.5) is 0 Å². The van der Waals surface area contributed by atoms with Crippen LogP contribution >= 0.6 is 11.6 Å². The summed E-state index contributed by atoms with van der Waals surface area (Å²) in [5.74, 6) is -4.87. The lowest BCUT2D eigenvalue weighted by atomic mass is 9.89. The molecule has 0 unspecified atom stereocenters. The minimum Gasteiger partial charge on any atom is -0.466 e. The topological polar surface area (TPSA) is 170 Å². The van der Waals surface area contributed by atoms with E-state index in [-0.39, 0.29) is 0 Å². The van der Waals surface area contributed by atoms with Gasteiger partial charge in [-0.25, -0.2) is 4.79 Å². The third kappa shape index (κ3) is 8.45. The second-order valence-electron chi connectivity index (χ2n) is 7.41. The third-order valence-electron chi connectivity index (χ3n) is 4.48. The number of methoxy groups -OCH3 is 1. The fraction of sp³-hybridized carbons (Fsp3) is 0.700. The van der Waals surface area contributed by atoms with Crippen molar-refractivity contribution in [3.8, 4) is 0 Å². The zero-order valence-corrected chi connectivity index (χ0v) is 20.3. The van der Waals surface area contributed by atoms with E-state index in [4.69, 9.17) is 35.3 Å². The summed E-state index contributed by atoms with van der Waals surface area (Å²) in [6.07, 6.45) is -6.29. The second-order valence-corrected chi connectivity index (χ2v) is 8.02. The van der Waals surface area contributed by atoms with Gasteiger partial charge in [-0.2, -0.15) is 0 Å². The van der Waals surface area contributed by atoms with E-state index in [0.29, 0.717) is 0 Å². The number of ether oxygens (including phenoxy) is 6. The molecule has 1 fully saturated rings. The Morgan fingerprint density at radius 3 is 2.00 bits per heavy atom. The molecular formula is C20H28ClNO12. The Balaban J connectivity index is 3.64. The van der Waals surface area contributed by atoms with Gasteiger partial charge in [-0.3, -0.25) is 24.0 Å². The van der Waals surface area contributed by atoms with Gasteiger partial charge in [0.2, 0.25) is 11.0 Å². The molecule has 0 saturated carbocycles. The molecule has 192 valence electrons. The van der Waals surface area contributed by atoms with Crippen LogP contribution in [0.5, 0.6) is 0 Å². The van der Waals surface area contributed by atoms with E-state index in [2.05, 4.69) is 10.1 Å². The van der Waals surface area contributed by atoms with Gasteiger partial charge < -0.3 is 33.7 Å². The lowest BCUT2D eigenvalue weighted by Gasteiger charge is -2.46. The molecule has 0 bridgehead atoms. The summed E-state index contributed by atoms with van der Waals surface area (Å²) in [4.78, 5) is 71.2. The zero-order valence-electron chi connectivity index (χ0n) is 19.6. The van der Waals surface area contributed by atoms with Crippen molar-refractivity contribution in [2.24, 2.45) is 0 Å². The standard InChI is InChI=1S/C20H28ClNO12/c1-9(23)22-16-14(31-11(3)25)7-20(21,19(28)29-6)34-18(16)17(33-13(5)27)15(32-12(4)26)8-30-10(2)24/h14-18H,7-8H2,1-6H3,(H,22,23)/t14-,15+,16+,17-,18+,20+/m0/s1. The number of rotatable bonds is 9. The molecule has 1 heterocycles. The number of hydrogen-bond donors (Lipinski definition) is 1. The minimum absolute atomic E-state index is 0.447. The van der Waals surface area contributed by atoms with Gasteiger partial charge in [0, 0.05) is 41.0 Å². The Bertz CT molecular complexity index is 817. The monoisotopic (exact) mass is 509 g/mol. The summed E-state index contributed by atoms with van der Waals surface area (Å²) < 4.78 is 31.2. The van der Waals surface area contributed by atoms with Crippen LogP contribution in [0, 0.1) is 0 Å². The summed E-state index contributed by atoms with van der Waals surface area (Å²) in [7, 11) is 1.04. The van der Waals surface area contributed by atoms with Gasteiger partial charge in [0.15, 0.2) is 12.2 Å². The first-order valence-corrected chi connectivity index (χ1v) is 10.4. The van der Waals surface area contributed by atoms with Crippen molar-refractivity contribution in [2.75, 3.05) is 13.7 Å². The number of amides is 1. The van der Waals surface area contributed by atoms with Crippen LogP contribution in [-0.2, 0) is 57.2 Å². The molecule has 13 nitrogen and oxygen atoms in total. The van der Waals surface area contributed by atoms with Crippen LogP contribution in [0.2, 0.25) is 0 Å². The molecule has 6 atom stereocenters. The van der Waals surface area contributed by atoms with E-state index in [1.54, 1.807) is 0 Å². The number of esters is 5. The zero-order chi connectivity index (χ0) is 26.2. The Morgan fingerprint density at radius 1 is 0.971 bits per heavy atom. The molecule has 0 radical (unpaired) electrons. The third-order valence-corrected chi connectivity index (χ3v) is 4.88. The smallest absolute Gasteiger partial charge is 0.354 e. The van der Waals surface area contributed by atoms with Crippen molar-refractivity contribution < 1.29 is 57.2 Å². The second kappa shape index (κ2) is 12.5. The quantitative estimate of drug-likeness (QED) is 0.246. The highest BCUT2D eigenvalue weighted by atomic mass is 35.5. The van der Waals surface area contributed by atoms with Crippen LogP contribution in [0.3, 0.4) is 0 Å². The molecule has 0 aliphatic carbocycles. The molecule has 1 aliphatic heterocycles. The first kappa shape index (κ1) is 29.1. The Labute approximate surface area is 200 Å². The average molecular weight is 510 g/mol. The van der Waals surface area contributed by atoms with Crippen LogP contribution < -0.4 is 5.32 Å². The van der Waals surface area contributed by atoms with Crippen molar-refractivity contribution in [3.63, 3.8) is 0 Å². The summed E-state index contributed by atoms with van der Waals surface area (Å²) in [6.45, 7) is 4.87. The molecule has 34 heavy (non-hydrogen) atoms. The molecular weight excluding hydrogens is 482 g/mol. The van der Waals surface area contributed by atoms with Gasteiger partial charge in [-0.15, -0.1) is 0 Å². The van der Waals surface area contributed by atoms with E-state index in [0.717, 1.165) is 41.7 Å². The van der Waals surface area contributed by atoms with Crippen LogP contribution in [0.1, 0.15) is 41.0 Å². The summed E-state index contributed by atoms with van der Waals surface area (Å²) in [6, 6.07) is -1.24. The number of nitrogens with one attached hydrogen (secondary N) is 1.